The Morgan fingerprint density at radius 3 is 2.62 bits per heavy atom. The van der Waals surface area contributed by atoms with Gasteiger partial charge >= 0.3 is 11.9 Å². The van der Waals surface area contributed by atoms with E-state index < -0.39 is 23.8 Å². The van der Waals surface area contributed by atoms with Crippen molar-refractivity contribution in [3.05, 3.63) is 45.3 Å². The van der Waals surface area contributed by atoms with Gasteiger partial charge in [0.2, 0.25) is 0 Å². The summed E-state index contributed by atoms with van der Waals surface area (Å²) in [5.41, 5.74) is 2.85. The Morgan fingerprint density at radius 1 is 1.17 bits per heavy atom. The van der Waals surface area contributed by atoms with E-state index in [4.69, 9.17) is 14.2 Å². The Kier molecular flexibility index (Phi) is 6.22. The zero-order valence-electron chi connectivity index (χ0n) is 16.8. The number of thiophene rings is 1. The van der Waals surface area contributed by atoms with Crippen LogP contribution in [0.4, 0.5) is 5.00 Å². The molecule has 0 aliphatic heterocycles. The highest BCUT2D eigenvalue weighted by molar-refractivity contribution is 7.17. The molecule has 3 rings (SSSR count). The van der Waals surface area contributed by atoms with E-state index in [1.54, 1.807) is 6.07 Å². The molecule has 0 bridgehead atoms. The second-order valence-electron chi connectivity index (χ2n) is 6.78. The molecular formula is C21H23NO6S. The number of hydrogen-bond donors (Lipinski definition) is 1. The number of fused-ring (bicyclic) bond motifs is 1. The molecule has 1 aliphatic carbocycles. The average molecular weight is 417 g/mol. The van der Waals surface area contributed by atoms with Gasteiger partial charge in [0.1, 0.15) is 10.8 Å². The van der Waals surface area contributed by atoms with Crippen molar-refractivity contribution in [2.45, 2.75) is 32.6 Å². The minimum Gasteiger partial charge on any atom is -0.483 e. The second kappa shape index (κ2) is 8.65. The third-order valence-electron chi connectivity index (χ3n) is 5.07. The van der Waals surface area contributed by atoms with Crippen LogP contribution in [0, 0.1) is 13.8 Å². The zero-order valence-corrected chi connectivity index (χ0v) is 17.6. The van der Waals surface area contributed by atoms with Gasteiger partial charge < -0.3 is 19.5 Å². The molecule has 1 amide bonds. The molecule has 0 unspecified atom stereocenters. The van der Waals surface area contributed by atoms with Crippen LogP contribution < -0.4 is 10.1 Å². The fourth-order valence-electron chi connectivity index (χ4n) is 3.42. The molecule has 7 nitrogen and oxygen atoms in total. The van der Waals surface area contributed by atoms with Crippen LogP contribution in [0.15, 0.2) is 18.2 Å². The number of rotatable bonds is 6. The Bertz CT molecular complexity index is 964. The fraction of sp³-hybridized carbons (Fsp3) is 0.381. The van der Waals surface area contributed by atoms with E-state index in [1.807, 2.05) is 26.0 Å². The summed E-state index contributed by atoms with van der Waals surface area (Å²) in [4.78, 5) is 37.9. The number of methoxy groups -OCH3 is 2. The first-order valence-electron chi connectivity index (χ1n) is 9.17. The van der Waals surface area contributed by atoms with E-state index in [2.05, 4.69) is 5.32 Å². The number of ether oxygens (including phenoxy) is 3. The monoisotopic (exact) mass is 417 g/mol. The van der Waals surface area contributed by atoms with Crippen molar-refractivity contribution in [3.63, 3.8) is 0 Å². The lowest BCUT2D eigenvalue weighted by Crippen LogP contribution is -2.22. The van der Waals surface area contributed by atoms with Gasteiger partial charge in [-0.05, 0) is 49.4 Å². The summed E-state index contributed by atoms with van der Waals surface area (Å²) in [7, 11) is 2.58. The molecular weight excluding hydrogens is 394 g/mol. The SMILES string of the molecule is COC(=O)c1c(NC(=O)COc2cccc(C)c2C)sc2c1[C@@H](C(=O)OC)CC2. The molecule has 8 heteroatoms. The highest BCUT2D eigenvalue weighted by atomic mass is 32.1. The molecule has 1 aromatic carbocycles. The summed E-state index contributed by atoms with van der Waals surface area (Å²) in [6.45, 7) is 3.69. The topological polar surface area (TPSA) is 90.9 Å². The molecule has 1 aliphatic rings. The lowest BCUT2D eigenvalue weighted by Gasteiger charge is -2.13. The van der Waals surface area contributed by atoms with Gasteiger partial charge in [0.05, 0.1) is 25.7 Å². The molecule has 29 heavy (non-hydrogen) atoms. The highest BCUT2D eigenvalue weighted by Crippen LogP contribution is 2.45. The van der Waals surface area contributed by atoms with E-state index in [-0.39, 0.29) is 12.2 Å². The summed E-state index contributed by atoms with van der Waals surface area (Å²) in [6.07, 6.45) is 1.21. The summed E-state index contributed by atoms with van der Waals surface area (Å²) in [5, 5.41) is 3.10. The van der Waals surface area contributed by atoms with Gasteiger partial charge in [0, 0.05) is 4.88 Å². The van der Waals surface area contributed by atoms with Crippen LogP contribution in [-0.2, 0) is 25.5 Å². The Hall–Kier alpha value is -2.87. The van der Waals surface area contributed by atoms with Crippen molar-refractivity contribution < 1.29 is 28.6 Å². The quantitative estimate of drug-likeness (QED) is 0.725. The maximum absolute atomic E-state index is 12.5. The maximum Gasteiger partial charge on any atom is 0.341 e. The van der Waals surface area contributed by atoms with Crippen LogP contribution in [0.25, 0.3) is 0 Å². The first kappa shape index (κ1) is 20.9. The van der Waals surface area contributed by atoms with Crippen molar-refractivity contribution in [1.82, 2.24) is 0 Å². The number of benzene rings is 1. The van der Waals surface area contributed by atoms with Crippen molar-refractivity contribution in [3.8, 4) is 5.75 Å². The number of anilines is 1. The molecule has 0 saturated carbocycles. The number of carbonyl (C=O) groups is 3. The van der Waals surface area contributed by atoms with Gasteiger partial charge in [-0.25, -0.2) is 4.79 Å². The molecule has 1 atom stereocenters. The summed E-state index contributed by atoms with van der Waals surface area (Å²) in [5.74, 6) is -1.29. The minimum absolute atomic E-state index is 0.200. The van der Waals surface area contributed by atoms with Gasteiger partial charge in [-0.2, -0.15) is 0 Å². The van der Waals surface area contributed by atoms with Crippen molar-refractivity contribution >= 4 is 34.2 Å². The normalized spacial score (nSPS) is 14.8. The van der Waals surface area contributed by atoms with Crippen LogP contribution in [-0.4, -0.2) is 38.7 Å². The predicted molar refractivity (Wildman–Crippen MR) is 109 cm³/mol. The molecule has 0 spiro atoms. The number of amides is 1. The van der Waals surface area contributed by atoms with Crippen LogP contribution in [0.5, 0.6) is 5.75 Å². The van der Waals surface area contributed by atoms with E-state index in [1.165, 1.54) is 25.6 Å². The zero-order chi connectivity index (χ0) is 21.1. The number of nitrogens with one attached hydrogen (secondary N) is 1. The first-order chi connectivity index (χ1) is 13.9. The Labute approximate surface area is 173 Å². The average Bonchev–Trinajstić information content (AvgIpc) is 3.26. The molecule has 1 N–H and O–H groups in total. The molecule has 0 fully saturated rings. The number of carbonyl (C=O) groups excluding carboxylic acids is 3. The standard InChI is InChI=1S/C21H23NO6S/c1-11-6-5-7-14(12(11)2)28-10-16(23)22-19-18(21(25)27-4)17-13(20(24)26-3)8-9-15(17)29-19/h5-7,13H,8-10H2,1-4H3,(H,22,23)/t13-/m0/s1. The molecule has 2 aromatic rings. The molecule has 154 valence electrons. The molecule has 0 saturated heterocycles. The van der Waals surface area contributed by atoms with Crippen molar-refractivity contribution in [2.75, 3.05) is 26.1 Å². The van der Waals surface area contributed by atoms with Crippen LogP contribution in [0.2, 0.25) is 0 Å². The fourth-order valence-corrected chi connectivity index (χ4v) is 4.70. The van der Waals surface area contributed by atoms with Gasteiger partial charge in [-0.15, -0.1) is 11.3 Å². The van der Waals surface area contributed by atoms with E-state index in [9.17, 15) is 14.4 Å². The smallest absolute Gasteiger partial charge is 0.341 e. The number of hydrogen-bond acceptors (Lipinski definition) is 7. The second-order valence-corrected chi connectivity index (χ2v) is 7.89. The largest absolute Gasteiger partial charge is 0.483 e. The highest BCUT2D eigenvalue weighted by Gasteiger charge is 2.38. The maximum atomic E-state index is 12.5. The molecule has 1 heterocycles. The summed E-state index contributed by atoms with van der Waals surface area (Å²) >= 11 is 1.28. The Balaban J connectivity index is 1.80. The summed E-state index contributed by atoms with van der Waals surface area (Å²) < 4.78 is 15.4. The molecule has 0 radical (unpaired) electrons. The van der Waals surface area contributed by atoms with E-state index >= 15 is 0 Å². The van der Waals surface area contributed by atoms with Gasteiger partial charge in [-0.3, -0.25) is 9.59 Å². The minimum atomic E-state index is -0.593. The van der Waals surface area contributed by atoms with Crippen LogP contribution in [0.3, 0.4) is 0 Å². The predicted octanol–water partition coefficient (Wildman–Crippen LogP) is 3.37. The van der Waals surface area contributed by atoms with Crippen LogP contribution in [0.1, 0.15) is 44.3 Å². The van der Waals surface area contributed by atoms with Gasteiger partial charge in [0.25, 0.3) is 5.91 Å². The lowest BCUT2D eigenvalue weighted by atomic mass is 9.99. The number of aryl methyl sites for hydroxylation is 2. The Morgan fingerprint density at radius 2 is 1.93 bits per heavy atom. The summed E-state index contributed by atoms with van der Waals surface area (Å²) in [6, 6.07) is 5.63. The van der Waals surface area contributed by atoms with Crippen LogP contribution >= 0.6 is 11.3 Å². The first-order valence-corrected chi connectivity index (χ1v) is 9.99. The lowest BCUT2D eigenvalue weighted by molar-refractivity contribution is -0.142. The third kappa shape index (κ3) is 4.12. The third-order valence-corrected chi connectivity index (χ3v) is 6.25. The van der Waals surface area contributed by atoms with Gasteiger partial charge in [-0.1, -0.05) is 12.1 Å². The van der Waals surface area contributed by atoms with Crippen molar-refractivity contribution in [1.29, 1.82) is 0 Å². The van der Waals surface area contributed by atoms with Crippen molar-refractivity contribution in [2.24, 2.45) is 0 Å². The van der Waals surface area contributed by atoms with Gasteiger partial charge in [0.15, 0.2) is 6.61 Å². The van der Waals surface area contributed by atoms with E-state index in [0.29, 0.717) is 29.2 Å². The molecule has 1 aromatic heterocycles. The number of esters is 2. The van der Waals surface area contributed by atoms with E-state index in [0.717, 1.165) is 16.0 Å².